The zero-order valence-corrected chi connectivity index (χ0v) is 10.6. The highest BCUT2D eigenvalue weighted by atomic mass is 19.2. The Kier molecular flexibility index (Phi) is 4.42. The minimum atomic E-state index is -1.67. The van der Waals surface area contributed by atoms with E-state index >= 15 is 0 Å². The largest absolute Gasteiger partial charge is 0.374 e. The van der Waals surface area contributed by atoms with Crippen LogP contribution in [0.5, 0.6) is 0 Å². The van der Waals surface area contributed by atoms with Crippen LogP contribution in [-0.2, 0) is 4.79 Å². The van der Waals surface area contributed by atoms with Crippen molar-refractivity contribution >= 4 is 17.3 Å². The Morgan fingerprint density at radius 3 is 2.29 bits per heavy atom. The molecule has 0 aliphatic carbocycles. The van der Waals surface area contributed by atoms with Gasteiger partial charge in [0.05, 0.1) is 17.9 Å². The van der Waals surface area contributed by atoms with Gasteiger partial charge < -0.3 is 10.6 Å². The standard InChI is InChI=1S/C14H10F4N2O/c15-8-3-1-2-4-10(8)19-7-12(21)20-11-6-5-9(16)13(17)14(11)18/h1-6,19H,7H2,(H,20,21). The Morgan fingerprint density at radius 2 is 1.57 bits per heavy atom. The molecule has 0 aromatic heterocycles. The Bertz CT molecular complexity index is 676. The molecule has 110 valence electrons. The van der Waals surface area contributed by atoms with Gasteiger partial charge in [0, 0.05) is 0 Å². The zero-order valence-electron chi connectivity index (χ0n) is 10.6. The summed E-state index contributed by atoms with van der Waals surface area (Å²) in [6.07, 6.45) is 0. The molecule has 2 rings (SSSR count). The molecule has 0 fully saturated rings. The van der Waals surface area contributed by atoms with Gasteiger partial charge in [0.25, 0.3) is 0 Å². The van der Waals surface area contributed by atoms with Gasteiger partial charge in [0.15, 0.2) is 17.5 Å². The summed E-state index contributed by atoms with van der Waals surface area (Å²) in [5, 5.41) is 4.56. The first-order valence-corrected chi connectivity index (χ1v) is 5.91. The fourth-order valence-corrected chi connectivity index (χ4v) is 1.60. The number of halogens is 4. The van der Waals surface area contributed by atoms with Crippen LogP contribution in [0.1, 0.15) is 0 Å². The molecule has 0 aliphatic heterocycles. The van der Waals surface area contributed by atoms with Gasteiger partial charge in [-0.3, -0.25) is 4.79 Å². The molecule has 0 bridgehead atoms. The van der Waals surface area contributed by atoms with Crippen molar-refractivity contribution in [3.63, 3.8) is 0 Å². The van der Waals surface area contributed by atoms with Crippen LogP contribution >= 0.6 is 0 Å². The maximum atomic E-state index is 13.3. The van der Waals surface area contributed by atoms with Gasteiger partial charge in [-0.25, -0.2) is 17.6 Å². The minimum Gasteiger partial charge on any atom is -0.374 e. The fourth-order valence-electron chi connectivity index (χ4n) is 1.60. The molecule has 21 heavy (non-hydrogen) atoms. The quantitative estimate of drug-likeness (QED) is 0.672. The minimum absolute atomic E-state index is 0.0957. The third-order valence-corrected chi connectivity index (χ3v) is 2.62. The highest BCUT2D eigenvalue weighted by molar-refractivity contribution is 5.93. The number of rotatable bonds is 4. The van der Waals surface area contributed by atoms with Crippen molar-refractivity contribution in [2.75, 3.05) is 17.2 Å². The lowest BCUT2D eigenvalue weighted by atomic mass is 10.2. The predicted octanol–water partition coefficient (Wildman–Crippen LogP) is 3.29. The van der Waals surface area contributed by atoms with Crippen molar-refractivity contribution < 1.29 is 22.4 Å². The summed E-state index contributed by atoms with van der Waals surface area (Å²) in [6.45, 7) is -0.362. The smallest absolute Gasteiger partial charge is 0.243 e. The van der Waals surface area contributed by atoms with Crippen molar-refractivity contribution in [2.24, 2.45) is 0 Å². The molecule has 0 heterocycles. The number of carbonyl (C=O) groups excluding carboxylic acids is 1. The highest BCUT2D eigenvalue weighted by Crippen LogP contribution is 2.19. The van der Waals surface area contributed by atoms with E-state index in [-0.39, 0.29) is 12.2 Å². The van der Waals surface area contributed by atoms with E-state index in [2.05, 4.69) is 10.6 Å². The highest BCUT2D eigenvalue weighted by Gasteiger charge is 2.15. The van der Waals surface area contributed by atoms with E-state index in [1.165, 1.54) is 18.2 Å². The van der Waals surface area contributed by atoms with Crippen molar-refractivity contribution in [1.29, 1.82) is 0 Å². The fraction of sp³-hybridized carbons (Fsp3) is 0.0714. The van der Waals surface area contributed by atoms with Gasteiger partial charge in [-0.05, 0) is 24.3 Å². The van der Waals surface area contributed by atoms with Crippen molar-refractivity contribution in [2.45, 2.75) is 0 Å². The van der Waals surface area contributed by atoms with Crippen molar-refractivity contribution in [3.05, 3.63) is 59.7 Å². The van der Waals surface area contributed by atoms with E-state index in [1.54, 1.807) is 6.07 Å². The van der Waals surface area contributed by atoms with Crippen LogP contribution in [0.25, 0.3) is 0 Å². The molecule has 0 saturated carbocycles. The lowest BCUT2D eigenvalue weighted by Crippen LogP contribution is -2.23. The third-order valence-electron chi connectivity index (χ3n) is 2.62. The molecule has 2 aromatic carbocycles. The Hall–Kier alpha value is -2.57. The van der Waals surface area contributed by atoms with Crippen LogP contribution in [-0.4, -0.2) is 12.5 Å². The van der Waals surface area contributed by atoms with Gasteiger partial charge in [0.2, 0.25) is 5.91 Å². The van der Waals surface area contributed by atoms with Crippen molar-refractivity contribution in [1.82, 2.24) is 0 Å². The van der Waals surface area contributed by atoms with Gasteiger partial charge in [-0.2, -0.15) is 0 Å². The van der Waals surface area contributed by atoms with Gasteiger partial charge >= 0.3 is 0 Å². The number of hydrogen-bond donors (Lipinski definition) is 2. The Labute approximate surface area is 117 Å². The van der Waals surface area contributed by atoms with E-state index in [1.807, 2.05) is 0 Å². The summed E-state index contributed by atoms with van der Waals surface area (Å²) >= 11 is 0. The number of hydrogen-bond acceptors (Lipinski definition) is 2. The number of benzene rings is 2. The zero-order chi connectivity index (χ0) is 15.4. The van der Waals surface area contributed by atoms with Crippen LogP contribution in [0, 0.1) is 23.3 Å². The maximum Gasteiger partial charge on any atom is 0.243 e. The molecule has 1 amide bonds. The normalized spacial score (nSPS) is 10.3. The summed E-state index contributed by atoms with van der Waals surface area (Å²) in [6, 6.07) is 7.26. The Balaban J connectivity index is 2.00. The number of anilines is 2. The lowest BCUT2D eigenvalue weighted by Gasteiger charge is -2.09. The van der Waals surface area contributed by atoms with Crippen LogP contribution in [0.2, 0.25) is 0 Å². The number of carbonyl (C=O) groups is 1. The summed E-state index contributed by atoms with van der Waals surface area (Å²) in [7, 11) is 0. The molecule has 0 atom stereocenters. The number of para-hydroxylation sites is 1. The van der Waals surface area contributed by atoms with Crippen LogP contribution in [0.4, 0.5) is 28.9 Å². The average molecular weight is 298 g/mol. The summed E-state index contributed by atoms with van der Waals surface area (Å²) in [4.78, 5) is 11.6. The summed E-state index contributed by atoms with van der Waals surface area (Å²) < 4.78 is 52.3. The van der Waals surface area contributed by atoms with E-state index < -0.39 is 34.9 Å². The topological polar surface area (TPSA) is 41.1 Å². The average Bonchev–Trinajstić information content (AvgIpc) is 2.47. The molecule has 0 saturated heterocycles. The van der Waals surface area contributed by atoms with Crippen molar-refractivity contribution in [3.8, 4) is 0 Å². The van der Waals surface area contributed by atoms with Crippen LogP contribution in [0.3, 0.4) is 0 Å². The third kappa shape index (κ3) is 3.50. The van der Waals surface area contributed by atoms with E-state index in [0.29, 0.717) is 6.07 Å². The first-order valence-electron chi connectivity index (χ1n) is 5.91. The molecule has 0 spiro atoms. The van der Waals surface area contributed by atoms with Gasteiger partial charge in [-0.1, -0.05) is 12.1 Å². The number of nitrogens with one attached hydrogen (secondary N) is 2. The molecule has 2 N–H and O–H groups in total. The predicted molar refractivity (Wildman–Crippen MR) is 69.8 cm³/mol. The van der Waals surface area contributed by atoms with Gasteiger partial charge in [0.1, 0.15) is 5.82 Å². The monoisotopic (exact) mass is 298 g/mol. The molecule has 0 radical (unpaired) electrons. The molecule has 0 unspecified atom stereocenters. The summed E-state index contributed by atoms with van der Waals surface area (Å²) in [5.41, 5.74) is -0.396. The Morgan fingerprint density at radius 1 is 0.857 bits per heavy atom. The lowest BCUT2D eigenvalue weighted by molar-refractivity contribution is -0.114. The van der Waals surface area contributed by atoms with E-state index in [0.717, 1.165) is 6.07 Å². The molecule has 0 aliphatic rings. The molecule has 7 heteroatoms. The van der Waals surface area contributed by atoms with E-state index in [9.17, 15) is 22.4 Å². The van der Waals surface area contributed by atoms with Gasteiger partial charge in [-0.15, -0.1) is 0 Å². The SMILES string of the molecule is O=C(CNc1ccccc1F)Nc1ccc(F)c(F)c1F. The number of amides is 1. The second-order valence-corrected chi connectivity index (χ2v) is 4.10. The second kappa shape index (κ2) is 6.25. The molecular formula is C14H10F4N2O. The first kappa shape index (κ1) is 14.8. The molecular weight excluding hydrogens is 288 g/mol. The first-order chi connectivity index (χ1) is 9.99. The molecule has 3 nitrogen and oxygen atoms in total. The second-order valence-electron chi connectivity index (χ2n) is 4.10. The summed E-state index contributed by atoms with van der Waals surface area (Å²) in [5.74, 6) is -5.80. The van der Waals surface area contributed by atoms with E-state index in [4.69, 9.17) is 0 Å². The maximum absolute atomic E-state index is 13.3. The molecule has 2 aromatic rings. The van der Waals surface area contributed by atoms with Crippen LogP contribution in [0.15, 0.2) is 36.4 Å². The van der Waals surface area contributed by atoms with Crippen LogP contribution < -0.4 is 10.6 Å².